The van der Waals surface area contributed by atoms with E-state index in [4.69, 9.17) is 0 Å². The van der Waals surface area contributed by atoms with Crippen molar-refractivity contribution in [2.75, 3.05) is 0 Å². The maximum absolute atomic E-state index is 2.53. The molecule has 0 saturated carbocycles. The Hall–Kier alpha value is -2.08. The SMILES string of the molecule is CCCC1=CC=C2c3cc(CC(C)(C)C)ccc3C3C=CC(C4=CCCC4)=C3CC12. The van der Waals surface area contributed by atoms with Crippen LogP contribution in [0, 0.1) is 11.3 Å². The third-order valence-corrected chi connectivity index (χ3v) is 7.32. The van der Waals surface area contributed by atoms with E-state index >= 15 is 0 Å². The number of rotatable bonds is 4. The smallest absolute Gasteiger partial charge is 0.0247 e. The van der Waals surface area contributed by atoms with Crippen LogP contribution >= 0.6 is 0 Å². The molecule has 0 N–H and O–H groups in total. The maximum atomic E-state index is 2.53. The first-order valence-corrected chi connectivity index (χ1v) is 12.1. The predicted molar refractivity (Wildman–Crippen MR) is 130 cm³/mol. The standard InChI is InChI=1S/C30H36/c1-5-8-21-12-14-26-27(21)18-29-23(22-9-6-7-10-22)15-16-25(29)24-13-11-20(17-28(24)26)19-30(2,3)4/h9,11-17,25,27H,5-8,10,18-19H2,1-4H3. The number of fused-ring (bicyclic) bond motifs is 5. The van der Waals surface area contributed by atoms with Crippen LogP contribution < -0.4 is 0 Å². The van der Waals surface area contributed by atoms with Gasteiger partial charge in [0.1, 0.15) is 0 Å². The fraction of sp³-hybridized carbons (Fsp3) is 0.467. The van der Waals surface area contributed by atoms with Crippen LogP contribution in [0.3, 0.4) is 0 Å². The molecule has 0 bridgehead atoms. The lowest BCUT2D eigenvalue weighted by Gasteiger charge is -2.21. The Morgan fingerprint density at radius 1 is 1.10 bits per heavy atom. The second kappa shape index (κ2) is 7.56. The van der Waals surface area contributed by atoms with Gasteiger partial charge in [0.15, 0.2) is 0 Å². The molecule has 0 aliphatic heterocycles. The molecule has 0 fully saturated rings. The summed E-state index contributed by atoms with van der Waals surface area (Å²) in [5.41, 5.74) is 13.0. The van der Waals surface area contributed by atoms with Crippen LogP contribution in [0.25, 0.3) is 5.57 Å². The van der Waals surface area contributed by atoms with E-state index < -0.39 is 0 Å². The van der Waals surface area contributed by atoms with Crippen molar-refractivity contribution < 1.29 is 0 Å². The normalized spacial score (nSPS) is 24.9. The molecule has 2 atom stereocenters. The quantitative estimate of drug-likeness (QED) is 0.478. The van der Waals surface area contributed by atoms with Crippen LogP contribution in [0.15, 0.2) is 70.9 Å². The van der Waals surface area contributed by atoms with E-state index in [1.165, 1.54) is 55.2 Å². The van der Waals surface area contributed by atoms with Crippen molar-refractivity contribution in [3.05, 3.63) is 87.6 Å². The molecule has 4 aliphatic rings. The molecule has 0 amide bonds. The summed E-state index contributed by atoms with van der Waals surface area (Å²) in [6.45, 7) is 9.36. The van der Waals surface area contributed by atoms with Crippen molar-refractivity contribution in [2.45, 2.75) is 78.6 Å². The molecule has 0 spiro atoms. The van der Waals surface area contributed by atoms with E-state index in [1.54, 1.807) is 27.9 Å². The summed E-state index contributed by atoms with van der Waals surface area (Å²) in [5, 5.41) is 0. The van der Waals surface area contributed by atoms with E-state index in [9.17, 15) is 0 Å². The molecule has 5 rings (SSSR count). The Morgan fingerprint density at radius 2 is 1.97 bits per heavy atom. The third kappa shape index (κ3) is 3.49. The molecule has 0 radical (unpaired) electrons. The maximum Gasteiger partial charge on any atom is 0.0247 e. The van der Waals surface area contributed by atoms with Gasteiger partial charge in [0.25, 0.3) is 0 Å². The number of benzene rings is 1. The van der Waals surface area contributed by atoms with Crippen LogP contribution in [0.4, 0.5) is 0 Å². The monoisotopic (exact) mass is 396 g/mol. The number of allylic oxidation sites excluding steroid dienone is 10. The number of hydrogen-bond donors (Lipinski definition) is 0. The van der Waals surface area contributed by atoms with E-state index in [1.807, 2.05) is 0 Å². The fourth-order valence-corrected chi connectivity index (χ4v) is 6.10. The predicted octanol–water partition coefficient (Wildman–Crippen LogP) is 8.48. The lowest BCUT2D eigenvalue weighted by Crippen LogP contribution is -2.10. The minimum atomic E-state index is 0.314. The van der Waals surface area contributed by atoms with Gasteiger partial charge in [-0.15, -0.1) is 0 Å². The van der Waals surface area contributed by atoms with Crippen LogP contribution in [0.1, 0.15) is 88.8 Å². The Morgan fingerprint density at radius 3 is 2.70 bits per heavy atom. The van der Waals surface area contributed by atoms with Crippen molar-refractivity contribution in [3.63, 3.8) is 0 Å². The van der Waals surface area contributed by atoms with Gasteiger partial charge < -0.3 is 0 Å². The highest BCUT2D eigenvalue weighted by Crippen LogP contribution is 2.53. The summed E-state index contributed by atoms with van der Waals surface area (Å²) in [5.74, 6) is 1.04. The van der Waals surface area contributed by atoms with E-state index in [0.29, 0.717) is 17.3 Å². The largest absolute Gasteiger partial charge is 0.0807 e. The summed E-state index contributed by atoms with van der Waals surface area (Å²) < 4.78 is 0. The molecule has 0 heteroatoms. The average Bonchev–Trinajstić information content (AvgIpc) is 3.41. The second-order valence-electron chi connectivity index (χ2n) is 10.9. The molecular formula is C30H36. The van der Waals surface area contributed by atoms with Crippen LogP contribution in [-0.2, 0) is 6.42 Å². The van der Waals surface area contributed by atoms with Gasteiger partial charge in [-0.25, -0.2) is 0 Å². The second-order valence-corrected chi connectivity index (χ2v) is 10.9. The average molecular weight is 397 g/mol. The number of hydrogen-bond acceptors (Lipinski definition) is 0. The Bertz CT molecular complexity index is 1010. The molecule has 1 aromatic rings. The Balaban J connectivity index is 1.63. The fourth-order valence-electron chi connectivity index (χ4n) is 6.10. The van der Waals surface area contributed by atoms with E-state index in [2.05, 4.69) is 76.3 Å². The van der Waals surface area contributed by atoms with Gasteiger partial charge in [-0.3, -0.25) is 0 Å². The van der Waals surface area contributed by atoms with Crippen molar-refractivity contribution in [2.24, 2.45) is 11.3 Å². The van der Waals surface area contributed by atoms with Crippen molar-refractivity contribution >= 4 is 5.57 Å². The highest BCUT2D eigenvalue weighted by atomic mass is 14.4. The minimum Gasteiger partial charge on any atom is -0.0807 e. The summed E-state index contributed by atoms with van der Waals surface area (Å²) in [7, 11) is 0. The van der Waals surface area contributed by atoms with Crippen LogP contribution in [0.2, 0.25) is 0 Å². The molecular weight excluding hydrogens is 360 g/mol. The summed E-state index contributed by atoms with van der Waals surface area (Å²) in [4.78, 5) is 0. The first-order chi connectivity index (χ1) is 14.4. The first kappa shape index (κ1) is 19.9. The van der Waals surface area contributed by atoms with Gasteiger partial charge >= 0.3 is 0 Å². The van der Waals surface area contributed by atoms with Crippen LogP contribution in [-0.4, -0.2) is 0 Å². The van der Waals surface area contributed by atoms with Gasteiger partial charge in [-0.1, -0.05) is 93.8 Å². The zero-order chi connectivity index (χ0) is 20.9. The highest BCUT2D eigenvalue weighted by molar-refractivity contribution is 5.80. The molecule has 0 aromatic heterocycles. The van der Waals surface area contributed by atoms with Crippen LogP contribution in [0.5, 0.6) is 0 Å². The Labute approximate surface area is 183 Å². The summed E-state index contributed by atoms with van der Waals surface area (Å²) >= 11 is 0. The zero-order valence-corrected chi connectivity index (χ0v) is 19.2. The highest BCUT2D eigenvalue weighted by Gasteiger charge is 2.36. The van der Waals surface area contributed by atoms with Crippen molar-refractivity contribution in [1.82, 2.24) is 0 Å². The lowest BCUT2D eigenvalue weighted by molar-refractivity contribution is 0.411. The van der Waals surface area contributed by atoms with E-state index in [-0.39, 0.29) is 0 Å². The van der Waals surface area contributed by atoms with Gasteiger partial charge in [-0.05, 0) is 77.3 Å². The third-order valence-electron chi connectivity index (χ3n) is 7.32. The van der Waals surface area contributed by atoms with Crippen molar-refractivity contribution in [1.29, 1.82) is 0 Å². The zero-order valence-electron chi connectivity index (χ0n) is 19.2. The minimum absolute atomic E-state index is 0.314. The summed E-state index contributed by atoms with van der Waals surface area (Å²) in [6.07, 6.45) is 21.0. The molecule has 1 aromatic carbocycles. The van der Waals surface area contributed by atoms with Gasteiger partial charge in [0, 0.05) is 11.8 Å². The van der Waals surface area contributed by atoms with Gasteiger partial charge in [0.05, 0.1) is 0 Å². The molecule has 0 saturated heterocycles. The molecule has 2 unspecified atom stereocenters. The molecule has 0 heterocycles. The van der Waals surface area contributed by atoms with Crippen molar-refractivity contribution in [3.8, 4) is 0 Å². The van der Waals surface area contributed by atoms with Gasteiger partial charge in [-0.2, -0.15) is 0 Å². The topological polar surface area (TPSA) is 0 Å². The first-order valence-electron chi connectivity index (χ1n) is 12.1. The van der Waals surface area contributed by atoms with E-state index in [0.717, 1.165) is 6.42 Å². The molecule has 4 aliphatic carbocycles. The molecule has 0 nitrogen and oxygen atoms in total. The summed E-state index contributed by atoms with van der Waals surface area (Å²) in [6, 6.07) is 7.39. The van der Waals surface area contributed by atoms with Gasteiger partial charge in [0.2, 0.25) is 0 Å². The lowest BCUT2D eigenvalue weighted by atomic mass is 9.83. The Kier molecular flexibility index (Phi) is 5.00. The molecule has 156 valence electrons. The molecule has 30 heavy (non-hydrogen) atoms.